The van der Waals surface area contributed by atoms with E-state index in [4.69, 9.17) is 23.2 Å². The Labute approximate surface area is 140 Å². The summed E-state index contributed by atoms with van der Waals surface area (Å²) in [6.45, 7) is 0. The molecule has 1 N–H and O–H groups in total. The van der Waals surface area contributed by atoms with E-state index in [-0.39, 0.29) is 17.1 Å². The van der Waals surface area contributed by atoms with Gasteiger partial charge < -0.3 is 5.32 Å². The summed E-state index contributed by atoms with van der Waals surface area (Å²) in [6, 6.07) is 8.15. The molecule has 0 aliphatic carbocycles. The van der Waals surface area contributed by atoms with Crippen molar-refractivity contribution in [1.29, 1.82) is 0 Å². The number of aliphatic imine (C=N–C) groups is 1. The standard InChI is InChI=1S/C16H8Cl2F2N2O/c17-10-3-1-8(5-11(10)18)6-14-16(23)22-15(21-14)9-2-4-12(19)13(20)7-9/h1-7H,(H,21,22,23)/b14-6+. The van der Waals surface area contributed by atoms with Crippen LogP contribution < -0.4 is 5.32 Å². The molecule has 0 atom stereocenters. The van der Waals surface area contributed by atoms with Crippen molar-refractivity contribution in [2.75, 3.05) is 0 Å². The number of carbonyl (C=O) groups excluding carboxylic acids is 1. The highest BCUT2D eigenvalue weighted by Crippen LogP contribution is 2.24. The quantitative estimate of drug-likeness (QED) is 0.809. The molecule has 0 spiro atoms. The number of amides is 1. The molecule has 0 aromatic heterocycles. The van der Waals surface area contributed by atoms with Gasteiger partial charge in [0.05, 0.1) is 10.0 Å². The molecule has 3 rings (SSSR count). The Balaban J connectivity index is 1.95. The minimum atomic E-state index is -1.01. The lowest BCUT2D eigenvalue weighted by Gasteiger charge is -2.00. The molecule has 1 heterocycles. The third kappa shape index (κ3) is 3.25. The topological polar surface area (TPSA) is 41.5 Å². The number of carbonyl (C=O) groups is 1. The van der Waals surface area contributed by atoms with Gasteiger partial charge in [-0.3, -0.25) is 4.79 Å². The van der Waals surface area contributed by atoms with Gasteiger partial charge in [0, 0.05) is 5.56 Å². The zero-order valence-electron chi connectivity index (χ0n) is 11.4. The van der Waals surface area contributed by atoms with Crippen LogP contribution in [-0.4, -0.2) is 11.7 Å². The lowest BCUT2D eigenvalue weighted by molar-refractivity contribution is -0.115. The van der Waals surface area contributed by atoms with Gasteiger partial charge in [-0.15, -0.1) is 0 Å². The highest BCUT2D eigenvalue weighted by atomic mass is 35.5. The van der Waals surface area contributed by atoms with Gasteiger partial charge in [-0.2, -0.15) is 0 Å². The van der Waals surface area contributed by atoms with E-state index in [0.717, 1.165) is 12.1 Å². The Morgan fingerprint density at radius 1 is 1.00 bits per heavy atom. The molecule has 7 heteroatoms. The number of hydrogen-bond donors (Lipinski definition) is 1. The molecule has 0 saturated carbocycles. The summed E-state index contributed by atoms with van der Waals surface area (Å²) in [5, 5.41) is 3.26. The van der Waals surface area contributed by atoms with Crippen molar-refractivity contribution < 1.29 is 13.6 Å². The Morgan fingerprint density at radius 3 is 2.48 bits per heavy atom. The first-order valence-electron chi connectivity index (χ1n) is 6.46. The molecule has 2 aromatic carbocycles. The number of rotatable bonds is 2. The Bertz CT molecular complexity index is 878. The molecule has 1 aliphatic rings. The molecule has 0 fully saturated rings. The fourth-order valence-electron chi connectivity index (χ4n) is 2.01. The monoisotopic (exact) mass is 352 g/mol. The van der Waals surface area contributed by atoms with Crippen molar-refractivity contribution >= 4 is 41.0 Å². The summed E-state index contributed by atoms with van der Waals surface area (Å²) >= 11 is 11.7. The summed E-state index contributed by atoms with van der Waals surface area (Å²) in [6.07, 6.45) is 1.52. The van der Waals surface area contributed by atoms with Crippen LogP contribution in [0.2, 0.25) is 10.0 Å². The van der Waals surface area contributed by atoms with Gasteiger partial charge in [-0.1, -0.05) is 29.3 Å². The van der Waals surface area contributed by atoms with E-state index in [2.05, 4.69) is 10.3 Å². The fourth-order valence-corrected chi connectivity index (χ4v) is 2.32. The van der Waals surface area contributed by atoms with E-state index >= 15 is 0 Å². The van der Waals surface area contributed by atoms with Gasteiger partial charge in [0.1, 0.15) is 11.5 Å². The number of nitrogens with one attached hydrogen (secondary N) is 1. The van der Waals surface area contributed by atoms with Crippen molar-refractivity contribution in [3.63, 3.8) is 0 Å². The Hall–Kier alpha value is -2.24. The molecule has 1 aliphatic heterocycles. The lowest BCUT2D eigenvalue weighted by Crippen LogP contribution is -2.24. The van der Waals surface area contributed by atoms with Crippen LogP contribution in [0.4, 0.5) is 8.78 Å². The second kappa shape index (κ2) is 6.10. The number of hydrogen-bond acceptors (Lipinski definition) is 2. The second-order valence-corrected chi connectivity index (χ2v) is 5.56. The normalized spacial score (nSPS) is 15.7. The van der Waals surface area contributed by atoms with Gasteiger partial charge in [0.15, 0.2) is 11.6 Å². The molecule has 116 valence electrons. The summed E-state index contributed by atoms with van der Waals surface area (Å²) < 4.78 is 26.2. The van der Waals surface area contributed by atoms with Crippen LogP contribution in [0.15, 0.2) is 47.1 Å². The van der Waals surface area contributed by atoms with Gasteiger partial charge in [0.2, 0.25) is 0 Å². The molecular formula is C16H8Cl2F2N2O. The molecule has 3 nitrogen and oxygen atoms in total. The maximum atomic E-state index is 13.3. The zero-order chi connectivity index (χ0) is 16.6. The average molecular weight is 353 g/mol. The minimum Gasteiger partial charge on any atom is -0.305 e. The van der Waals surface area contributed by atoms with E-state index in [1.54, 1.807) is 18.2 Å². The maximum absolute atomic E-state index is 13.3. The average Bonchev–Trinajstić information content (AvgIpc) is 2.87. The molecule has 0 radical (unpaired) electrons. The molecule has 2 aromatic rings. The van der Waals surface area contributed by atoms with Gasteiger partial charge in [-0.05, 0) is 42.0 Å². The van der Waals surface area contributed by atoms with Crippen LogP contribution >= 0.6 is 23.2 Å². The maximum Gasteiger partial charge on any atom is 0.275 e. The first-order chi connectivity index (χ1) is 10.9. The number of nitrogens with zero attached hydrogens (tertiary/aromatic N) is 1. The summed E-state index contributed by atoms with van der Waals surface area (Å²) in [5.74, 6) is -2.28. The van der Waals surface area contributed by atoms with Crippen LogP contribution in [0.5, 0.6) is 0 Å². The van der Waals surface area contributed by atoms with E-state index < -0.39 is 17.5 Å². The predicted molar refractivity (Wildman–Crippen MR) is 85.5 cm³/mol. The summed E-state index contributed by atoms with van der Waals surface area (Å²) in [5.41, 5.74) is 1.04. The van der Waals surface area contributed by atoms with Gasteiger partial charge >= 0.3 is 0 Å². The van der Waals surface area contributed by atoms with Crippen LogP contribution in [0.25, 0.3) is 6.08 Å². The van der Waals surface area contributed by atoms with Crippen molar-refractivity contribution in [2.45, 2.75) is 0 Å². The van der Waals surface area contributed by atoms with Crippen molar-refractivity contribution in [3.8, 4) is 0 Å². The van der Waals surface area contributed by atoms with Gasteiger partial charge in [0.25, 0.3) is 5.91 Å². The third-order valence-corrected chi connectivity index (χ3v) is 3.88. The van der Waals surface area contributed by atoms with Crippen molar-refractivity contribution in [2.24, 2.45) is 4.99 Å². The van der Waals surface area contributed by atoms with E-state index in [0.29, 0.717) is 15.6 Å². The second-order valence-electron chi connectivity index (χ2n) is 4.75. The van der Waals surface area contributed by atoms with E-state index in [1.807, 2.05) is 0 Å². The number of halogens is 4. The largest absolute Gasteiger partial charge is 0.305 e. The Morgan fingerprint density at radius 2 is 1.78 bits per heavy atom. The first kappa shape index (κ1) is 15.6. The van der Waals surface area contributed by atoms with Crippen molar-refractivity contribution in [3.05, 3.63) is 74.9 Å². The third-order valence-electron chi connectivity index (χ3n) is 3.14. The summed E-state index contributed by atoms with van der Waals surface area (Å²) in [7, 11) is 0. The zero-order valence-corrected chi connectivity index (χ0v) is 12.9. The molecule has 0 bridgehead atoms. The first-order valence-corrected chi connectivity index (χ1v) is 7.22. The van der Waals surface area contributed by atoms with Crippen LogP contribution in [0.3, 0.4) is 0 Å². The fraction of sp³-hybridized carbons (Fsp3) is 0. The Kier molecular flexibility index (Phi) is 4.15. The predicted octanol–water partition coefficient (Wildman–Crippen LogP) is 4.19. The minimum absolute atomic E-state index is 0.128. The highest BCUT2D eigenvalue weighted by molar-refractivity contribution is 6.42. The highest BCUT2D eigenvalue weighted by Gasteiger charge is 2.22. The summed E-state index contributed by atoms with van der Waals surface area (Å²) in [4.78, 5) is 16.1. The van der Waals surface area contributed by atoms with Crippen LogP contribution in [-0.2, 0) is 4.79 Å². The SMILES string of the molecule is O=C1NC(c2ccc(F)c(F)c2)=N/C1=C/c1ccc(Cl)c(Cl)c1. The van der Waals surface area contributed by atoms with Crippen LogP contribution in [0.1, 0.15) is 11.1 Å². The van der Waals surface area contributed by atoms with Gasteiger partial charge in [-0.25, -0.2) is 13.8 Å². The molecule has 1 amide bonds. The molecule has 0 unspecified atom stereocenters. The van der Waals surface area contributed by atoms with Crippen molar-refractivity contribution in [1.82, 2.24) is 5.32 Å². The lowest BCUT2D eigenvalue weighted by atomic mass is 10.2. The molecule has 0 saturated heterocycles. The number of benzene rings is 2. The number of amidine groups is 1. The molecular weight excluding hydrogens is 345 g/mol. The van der Waals surface area contributed by atoms with E-state index in [1.165, 1.54) is 12.1 Å². The van der Waals surface area contributed by atoms with E-state index in [9.17, 15) is 13.6 Å². The molecule has 23 heavy (non-hydrogen) atoms. The van der Waals surface area contributed by atoms with Crippen LogP contribution in [0, 0.1) is 11.6 Å². The smallest absolute Gasteiger partial charge is 0.275 e.